The van der Waals surface area contributed by atoms with E-state index in [1.54, 1.807) is 23.9 Å². The molecule has 6 nitrogen and oxygen atoms in total. The molecule has 0 spiro atoms. The zero-order valence-corrected chi connectivity index (χ0v) is 10.9. The molecule has 2 rings (SSSR count). The van der Waals surface area contributed by atoms with Crippen LogP contribution in [-0.2, 0) is 6.54 Å². The van der Waals surface area contributed by atoms with Crippen LogP contribution in [0, 0.1) is 13.8 Å². The summed E-state index contributed by atoms with van der Waals surface area (Å²) in [4.78, 5) is 15.5. The van der Waals surface area contributed by atoms with Crippen molar-refractivity contribution >= 4 is 11.8 Å². The van der Waals surface area contributed by atoms with Crippen LogP contribution in [0.25, 0.3) is 0 Å². The Labute approximate surface area is 111 Å². The lowest BCUT2D eigenvalue weighted by Crippen LogP contribution is -2.15. The SMILES string of the molecule is Cc1cc(C)c(C(=O)O)c(NCCn2cccn2)n1. The van der Waals surface area contributed by atoms with Crippen LogP contribution in [-0.4, -0.2) is 32.4 Å². The highest BCUT2D eigenvalue weighted by molar-refractivity contribution is 5.94. The number of carboxylic acids is 1. The number of carboxylic acid groups (broad SMARTS) is 1. The van der Waals surface area contributed by atoms with E-state index < -0.39 is 5.97 Å². The third-order valence-corrected chi connectivity index (χ3v) is 2.75. The van der Waals surface area contributed by atoms with Crippen LogP contribution in [0.5, 0.6) is 0 Å². The summed E-state index contributed by atoms with van der Waals surface area (Å²) in [5.41, 5.74) is 1.73. The molecule has 0 aromatic carbocycles. The third kappa shape index (κ3) is 3.09. The number of hydrogen-bond acceptors (Lipinski definition) is 4. The summed E-state index contributed by atoms with van der Waals surface area (Å²) >= 11 is 0. The summed E-state index contributed by atoms with van der Waals surface area (Å²) < 4.78 is 1.77. The molecular formula is C13H16N4O2. The molecule has 0 saturated carbocycles. The summed E-state index contributed by atoms with van der Waals surface area (Å²) in [6.07, 6.45) is 3.56. The van der Waals surface area contributed by atoms with Crippen LogP contribution in [0.2, 0.25) is 0 Å². The first-order valence-corrected chi connectivity index (χ1v) is 6.01. The fourth-order valence-electron chi connectivity index (χ4n) is 1.96. The number of rotatable bonds is 5. The summed E-state index contributed by atoms with van der Waals surface area (Å²) in [7, 11) is 0. The molecule has 19 heavy (non-hydrogen) atoms. The highest BCUT2D eigenvalue weighted by atomic mass is 16.4. The minimum atomic E-state index is -0.966. The van der Waals surface area contributed by atoms with E-state index in [4.69, 9.17) is 0 Å². The van der Waals surface area contributed by atoms with Gasteiger partial charge in [0, 0.05) is 24.6 Å². The number of hydrogen-bond donors (Lipinski definition) is 2. The largest absolute Gasteiger partial charge is 0.478 e. The number of anilines is 1. The van der Waals surface area contributed by atoms with Crippen LogP contribution in [0.3, 0.4) is 0 Å². The number of nitrogens with one attached hydrogen (secondary N) is 1. The zero-order chi connectivity index (χ0) is 13.8. The van der Waals surface area contributed by atoms with Gasteiger partial charge < -0.3 is 10.4 Å². The van der Waals surface area contributed by atoms with Crippen molar-refractivity contribution in [2.24, 2.45) is 0 Å². The van der Waals surface area contributed by atoms with Gasteiger partial charge in [-0.3, -0.25) is 4.68 Å². The molecule has 2 N–H and O–H groups in total. The molecule has 0 bridgehead atoms. The van der Waals surface area contributed by atoms with Crippen molar-refractivity contribution < 1.29 is 9.90 Å². The molecule has 2 aromatic rings. The molecule has 2 aromatic heterocycles. The van der Waals surface area contributed by atoms with Crippen molar-refractivity contribution in [1.29, 1.82) is 0 Å². The van der Waals surface area contributed by atoms with E-state index in [1.165, 1.54) is 0 Å². The minimum absolute atomic E-state index is 0.228. The van der Waals surface area contributed by atoms with E-state index in [0.29, 0.717) is 24.5 Å². The molecule has 2 heterocycles. The maximum Gasteiger partial charge on any atom is 0.339 e. The van der Waals surface area contributed by atoms with E-state index in [0.717, 1.165) is 5.69 Å². The lowest BCUT2D eigenvalue weighted by Gasteiger charge is -2.11. The van der Waals surface area contributed by atoms with Gasteiger partial charge in [0.2, 0.25) is 0 Å². The van der Waals surface area contributed by atoms with Gasteiger partial charge in [0.1, 0.15) is 11.4 Å². The van der Waals surface area contributed by atoms with Crippen molar-refractivity contribution in [2.75, 3.05) is 11.9 Å². The Morgan fingerprint density at radius 3 is 2.89 bits per heavy atom. The van der Waals surface area contributed by atoms with Crippen molar-refractivity contribution in [2.45, 2.75) is 20.4 Å². The van der Waals surface area contributed by atoms with Gasteiger partial charge in [-0.15, -0.1) is 0 Å². The number of pyridine rings is 1. The smallest absolute Gasteiger partial charge is 0.339 e. The standard InChI is InChI=1S/C13H16N4O2/c1-9-8-10(2)16-12(11(9)13(18)19)14-5-7-17-6-3-4-15-17/h3-4,6,8H,5,7H2,1-2H3,(H,14,16)(H,18,19). The molecule has 0 aliphatic rings. The summed E-state index contributed by atoms with van der Waals surface area (Å²) in [5, 5.41) is 16.4. The van der Waals surface area contributed by atoms with Gasteiger partial charge in [-0.1, -0.05) is 0 Å². The molecule has 0 atom stereocenters. The molecule has 6 heteroatoms. The topological polar surface area (TPSA) is 80.0 Å². The average Bonchev–Trinajstić information content (AvgIpc) is 2.80. The van der Waals surface area contributed by atoms with Gasteiger partial charge in [-0.2, -0.15) is 5.10 Å². The fourth-order valence-corrected chi connectivity index (χ4v) is 1.96. The molecule has 0 aliphatic carbocycles. The Bertz CT molecular complexity index is 579. The molecule has 0 fully saturated rings. The first-order valence-electron chi connectivity index (χ1n) is 6.01. The zero-order valence-electron chi connectivity index (χ0n) is 10.9. The van der Waals surface area contributed by atoms with Crippen molar-refractivity contribution in [1.82, 2.24) is 14.8 Å². The first-order chi connectivity index (χ1) is 9.08. The van der Waals surface area contributed by atoms with Gasteiger partial charge in [0.05, 0.1) is 6.54 Å². The predicted octanol–water partition coefficient (Wildman–Crippen LogP) is 1.71. The van der Waals surface area contributed by atoms with Gasteiger partial charge in [-0.25, -0.2) is 9.78 Å². The predicted molar refractivity (Wildman–Crippen MR) is 71.4 cm³/mol. The summed E-state index contributed by atoms with van der Waals surface area (Å²) in [6, 6.07) is 3.61. The summed E-state index contributed by atoms with van der Waals surface area (Å²) in [5.74, 6) is -0.552. The first kappa shape index (κ1) is 13.1. The van der Waals surface area contributed by atoms with Gasteiger partial charge in [0.15, 0.2) is 0 Å². The number of nitrogens with zero attached hydrogens (tertiary/aromatic N) is 3. The number of aromatic carboxylic acids is 1. The summed E-state index contributed by atoms with van der Waals surface area (Å²) in [6.45, 7) is 4.84. The van der Waals surface area contributed by atoms with Crippen LogP contribution in [0.1, 0.15) is 21.6 Å². The second-order valence-corrected chi connectivity index (χ2v) is 4.31. The Hall–Kier alpha value is -2.37. The lowest BCUT2D eigenvalue weighted by atomic mass is 10.1. The number of aryl methyl sites for hydroxylation is 2. The van der Waals surface area contributed by atoms with Crippen LogP contribution < -0.4 is 5.32 Å². The second kappa shape index (κ2) is 5.51. The molecule has 0 aliphatic heterocycles. The minimum Gasteiger partial charge on any atom is -0.478 e. The van der Waals surface area contributed by atoms with Crippen molar-refractivity contribution in [3.8, 4) is 0 Å². The quantitative estimate of drug-likeness (QED) is 0.855. The van der Waals surface area contributed by atoms with Gasteiger partial charge in [0.25, 0.3) is 0 Å². The molecule has 0 amide bonds. The Kier molecular flexibility index (Phi) is 3.79. The Morgan fingerprint density at radius 1 is 1.47 bits per heavy atom. The van der Waals surface area contributed by atoms with E-state index in [1.807, 2.05) is 19.2 Å². The maximum atomic E-state index is 11.2. The van der Waals surface area contributed by atoms with Gasteiger partial charge in [-0.05, 0) is 31.5 Å². The normalized spacial score (nSPS) is 10.4. The third-order valence-electron chi connectivity index (χ3n) is 2.75. The second-order valence-electron chi connectivity index (χ2n) is 4.31. The Morgan fingerprint density at radius 2 is 2.26 bits per heavy atom. The Balaban J connectivity index is 2.12. The molecular weight excluding hydrogens is 244 g/mol. The molecule has 0 saturated heterocycles. The van der Waals surface area contributed by atoms with Crippen molar-refractivity contribution in [3.63, 3.8) is 0 Å². The number of carbonyl (C=O) groups is 1. The van der Waals surface area contributed by atoms with Crippen molar-refractivity contribution in [3.05, 3.63) is 41.3 Å². The highest BCUT2D eigenvalue weighted by Crippen LogP contribution is 2.18. The van der Waals surface area contributed by atoms with E-state index in [2.05, 4.69) is 15.4 Å². The lowest BCUT2D eigenvalue weighted by molar-refractivity contribution is 0.0697. The van der Waals surface area contributed by atoms with E-state index in [-0.39, 0.29) is 5.56 Å². The molecule has 100 valence electrons. The number of aromatic nitrogens is 3. The molecule has 0 radical (unpaired) electrons. The maximum absolute atomic E-state index is 11.2. The van der Waals surface area contributed by atoms with Gasteiger partial charge >= 0.3 is 5.97 Å². The van der Waals surface area contributed by atoms with E-state index >= 15 is 0 Å². The van der Waals surface area contributed by atoms with Crippen LogP contribution >= 0.6 is 0 Å². The molecule has 0 unspecified atom stereocenters. The van der Waals surface area contributed by atoms with Crippen LogP contribution in [0.15, 0.2) is 24.5 Å². The average molecular weight is 260 g/mol. The van der Waals surface area contributed by atoms with E-state index in [9.17, 15) is 9.90 Å². The fraction of sp³-hybridized carbons (Fsp3) is 0.308. The monoisotopic (exact) mass is 260 g/mol. The highest BCUT2D eigenvalue weighted by Gasteiger charge is 2.15. The van der Waals surface area contributed by atoms with Crippen LogP contribution in [0.4, 0.5) is 5.82 Å².